The van der Waals surface area contributed by atoms with Gasteiger partial charge < -0.3 is 10.6 Å². The van der Waals surface area contributed by atoms with Gasteiger partial charge >= 0.3 is 0 Å². The lowest BCUT2D eigenvalue weighted by atomic mass is 10.1. The highest BCUT2D eigenvalue weighted by atomic mass is 32.1. The van der Waals surface area contributed by atoms with Crippen molar-refractivity contribution in [3.8, 4) is 0 Å². The van der Waals surface area contributed by atoms with Crippen molar-refractivity contribution in [2.75, 3.05) is 10.6 Å². The molecule has 0 bridgehead atoms. The van der Waals surface area contributed by atoms with Crippen LogP contribution in [-0.4, -0.2) is 16.8 Å². The predicted molar refractivity (Wildman–Crippen MR) is 105 cm³/mol. The lowest BCUT2D eigenvalue weighted by molar-refractivity contribution is -0.111. The summed E-state index contributed by atoms with van der Waals surface area (Å²) in [5.41, 5.74) is 4.25. The smallest absolute Gasteiger partial charge is 0.256 e. The van der Waals surface area contributed by atoms with E-state index in [0.29, 0.717) is 16.8 Å². The zero-order valence-electron chi connectivity index (χ0n) is 14.1. The fraction of sp³-hybridized carbons (Fsp3) is 0.0500. The summed E-state index contributed by atoms with van der Waals surface area (Å²) in [5, 5.41) is 5.66. The number of thiazole rings is 1. The number of nitrogens with one attached hydrogen (secondary N) is 2. The summed E-state index contributed by atoms with van der Waals surface area (Å²) in [7, 11) is 0. The molecule has 5 nitrogen and oxygen atoms in total. The van der Waals surface area contributed by atoms with E-state index in [4.69, 9.17) is 0 Å². The Morgan fingerprint density at radius 3 is 2.58 bits per heavy atom. The number of nitrogens with zero attached hydrogens (tertiary/aromatic N) is 1. The molecule has 1 heterocycles. The van der Waals surface area contributed by atoms with Crippen molar-refractivity contribution in [3.05, 3.63) is 82.3 Å². The van der Waals surface area contributed by atoms with Crippen molar-refractivity contribution in [1.29, 1.82) is 0 Å². The molecule has 0 saturated heterocycles. The lowest BCUT2D eigenvalue weighted by Crippen LogP contribution is -2.15. The number of rotatable bonds is 5. The van der Waals surface area contributed by atoms with Gasteiger partial charge in [0.05, 0.1) is 5.51 Å². The summed E-state index contributed by atoms with van der Waals surface area (Å²) in [4.78, 5) is 29.5. The van der Waals surface area contributed by atoms with Crippen molar-refractivity contribution >= 4 is 40.6 Å². The SMILES string of the molecule is Cc1c(NC(=O)/C=C/c2cncs2)cccc1C(=O)Nc1ccccc1. The zero-order valence-corrected chi connectivity index (χ0v) is 14.9. The van der Waals surface area contributed by atoms with E-state index < -0.39 is 0 Å². The van der Waals surface area contributed by atoms with Crippen LogP contribution >= 0.6 is 11.3 Å². The van der Waals surface area contributed by atoms with E-state index in [1.807, 2.05) is 37.3 Å². The van der Waals surface area contributed by atoms with E-state index in [2.05, 4.69) is 15.6 Å². The van der Waals surface area contributed by atoms with Crippen molar-refractivity contribution in [1.82, 2.24) is 4.98 Å². The number of benzene rings is 2. The minimum Gasteiger partial charge on any atom is -0.322 e. The summed E-state index contributed by atoms with van der Waals surface area (Å²) < 4.78 is 0. The molecule has 6 heteroatoms. The van der Waals surface area contributed by atoms with E-state index >= 15 is 0 Å². The van der Waals surface area contributed by atoms with Crippen LogP contribution in [0, 0.1) is 6.92 Å². The summed E-state index contributed by atoms with van der Waals surface area (Å²) in [6.45, 7) is 1.81. The van der Waals surface area contributed by atoms with E-state index in [-0.39, 0.29) is 11.8 Å². The van der Waals surface area contributed by atoms with Gasteiger partial charge in [-0.1, -0.05) is 24.3 Å². The van der Waals surface area contributed by atoms with Gasteiger partial charge in [-0.2, -0.15) is 0 Å². The van der Waals surface area contributed by atoms with Gasteiger partial charge in [-0.3, -0.25) is 14.6 Å². The van der Waals surface area contributed by atoms with Gasteiger partial charge in [0.1, 0.15) is 0 Å². The van der Waals surface area contributed by atoms with Crippen molar-refractivity contribution in [2.45, 2.75) is 6.92 Å². The molecule has 3 aromatic rings. The van der Waals surface area contributed by atoms with Gasteiger partial charge in [0.15, 0.2) is 0 Å². The standard InChI is InChI=1S/C20H17N3O2S/c1-14-17(20(25)22-15-6-3-2-4-7-15)8-5-9-18(14)23-19(24)11-10-16-12-21-13-26-16/h2-13H,1H3,(H,22,25)(H,23,24)/b11-10+. The molecule has 130 valence electrons. The van der Waals surface area contributed by atoms with Crippen molar-refractivity contribution in [3.63, 3.8) is 0 Å². The normalized spacial score (nSPS) is 10.7. The van der Waals surface area contributed by atoms with Crippen molar-refractivity contribution < 1.29 is 9.59 Å². The maximum atomic E-state index is 12.5. The zero-order chi connectivity index (χ0) is 18.4. The van der Waals surface area contributed by atoms with Gasteiger partial charge in [0, 0.05) is 34.1 Å². The molecule has 0 radical (unpaired) electrons. The van der Waals surface area contributed by atoms with Crippen LogP contribution in [-0.2, 0) is 4.79 Å². The summed E-state index contributed by atoms with van der Waals surface area (Å²) in [5.74, 6) is -0.480. The highest BCUT2D eigenvalue weighted by Crippen LogP contribution is 2.20. The average Bonchev–Trinajstić information content (AvgIpc) is 3.16. The number of carbonyl (C=O) groups is 2. The fourth-order valence-electron chi connectivity index (χ4n) is 2.38. The monoisotopic (exact) mass is 363 g/mol. The Morgan fingerprint density at radius 2 is 1.85 bits per heavy atom. The van der Waals surface area contributed by atoms with Gasteiger partial charge in [0.25, 0.3) is 5.91 Å². The number of amides is 2. The Kier molecular flexibility index (Phi) is 5.56. The Hall–Kier alpha value is -3.25. The first-order chi connectivity index (χ1) is 12.6. The van der Waals surface area contributed by atoms with E-state index in [1.54, 1.807) is 36.0 Å². The fourth-order valence-corrected chi connectivity index (χ4v) is 2.89. The Balaban J connectivity index is 1.72. The van der Waals surface area contributed by atoms with Crippen LogP contribution in [0.25, 0.3) is 6.08 Å². The third-order valence-electron chi connectivity index (χ3n) is 3.72. The number of hydrogen-bond donors (Lipinski definition) is 2. The minimum atomic E-state index is -0.262. The molecule has 2 aromatic carbocycles. The molecular formula is C20H17N3O2S. The summed E-state index contributed by atoms with van der Waals surface area (Å²) in [6, 6.07) is 14.5. The highest BCUT2D eigenvalue weighted by molar-refractivity contribution is 7.10. The van der Waals surface area contributed by atoms with Crippen LogP contribution in [0.4, 0.5) is 11.4 Å². The molecule has 0 spiro atoms. The molecule has 1 aromatic heterocycles. The van der Waals surface area contributed by atoms with Gasteiger partial charge in [-0.25, -0.2) is 0 Å². The first kappa shape index (κ1) is 17.6. The second kappa shape index (κ2) is 8.22. The first-order valence-electron chi connectivity index (χ1n) is 7.97. The minimum absolute atomic E-state index is 0.218. The Bertz CT molecular complexity index is 935. The topological polar surface area (TPSA) is 71.1 Å². The number of hydrogen-bond acceptors (Lipinski definition) is 4. The lowest BCUT2D eigenvalue weighted by Gasteiger charge is -2.12. The maximum Gasteiger partial charge on any atom is 0.256 e. The Morgan fingerprint density at radius 1 is 1.04 bits per heavy atom. The van der Waals surface area contributed by atoms with E-state index in [1.165, 1.54) is 17.4 Å². The molecule has 2 amide bonds. The molecule has 0 saturated carbocycles. The van der Waals surface area contributed by atoms with Gasteiger partial charge in [0.2, 0.25) is 5.91 Å². The quantitative estimate of drug-likeness (QED) is 0.662. The molecule has 2 N–H and O–H groups in total. The van der Waals surface area contributed by atoms with Crippen molar-refractivity contribution in [2.24, 2.45) is 0 Å². The van der Waals surface area contributed by atoms with Gasteiger partial charge in [-0.15, -0.1) is 11.3 Å². The molecule has 0 atom stereocenters. The van der Waals surface area contributed by atoms with E-state index in [9.17, 15) is 9.59 Å². The van der Waals surface area contributed by atoms with Crippen LogP contribution in [0.3, 0.4) is 0 Å². The largest absolute Gasteiger partial charge is 0.322 e. The first-order valence-corrected chi connectivity index (χ1v) is 8.85. The van der Waals surface area contributed by atoms with Gasteiger partial charge in [-0.05, 0) is 42.8 Å². The third kappa shape index (κ3) is 4.43. The summed E-state index contributed by atoms with van der Waals surface area (Å²) in [6.07, 6.45) is 4.84. The molecule has 0 aliphatic rings. The highest BCUT2D eigenvalue weighted by Gasteiger charge is 2.12. The van der Waals surface area contributed by atoms with Crippen LogP contribution in [0.5, 0.6) is 0 Å². The maximum absolute atomic E-state index is 12.5. The predicted octanol–water partition coefficient (Wildman–Crippen LogP) is 4.36. The molecule has 26 heavy (non-hydrogen) atoms. The second-order valence-electron chi connectivity index (χ2n) is 5.52. The number of aromatic nitrogens is 1. The third-order valence-corrected chi connectivity index (χ3v) is 4.46. The molecule has 3 rings (SSSR count). The summed E-state index contributed by atoms with van der Waals surface area (Å²) >= 11 is 1.45. The molecule has 0 unspecified atom stereocenters. The molecular weight excluding hydrogens is 346 g/mol. The number of carbonyl (C=O) groups excluding carboxylic acids is 2. The van der Waals surface area contributed by atoms with Crippen LogP contribution in [0.2, 0.25) is 0 Å². The second-order valence-corrected chi connectivity index (χ2v) is 6.44. The van der Waals surface area contributed by atoms with Crippen LogP contribution < -0.4 is 10.6 Å². The van der Waals surface area contributed by atoms with E-state index in [0.717, 1.165) is 10.6 Å². The molecule has 0 fully saturated rings. The molecule has 0 aliphatic carbocycles. The number of para-hydroxylation sites is 1. The number of anilines is 2. The van der Waals surface area contributed by atoms with Crippen LogP contribution in [0.15, 0.2) is 66.3 Å². The van der Waals surface area contributed by atoms with Crippen LogP contribution in [0.1, 0.15) is 20.8 Å². The molecule has 0 aliphatic heterocycles. The Labute approximate surface area is 155 Å². The average molecular weight is 363 g/mol.